The van der Waals surface area contributed by atoms with Gasteiger partial charge in [-0.15, -0.1) is 0 Å². The van der Waals surface area contributed by atoms with E-state index in [9.17, 15) is 4.79 Å². The number of hydrogen-bond acceptors (Lipinski definition) is 4. The quantitative estimate of drug-likeness (QED) is 0.834. The number of benzene rings is 1. The lowest BCUT2D eigenvalue weighted by atomic mass is 10.0. The van der Waals surface area contributed by atoms with Crippen molar-refractivity contribution in [3.63, 3.8) is 0 Å². The molecule has 21 heavy (non-hydrogen) atoms. The Morgan fingerprint density at radius 1 is 1.43 bits per heavy atom. The van der Waals surface area contributed by atoms with E-state index in [-0.39, 0.29) is 17.9 Å². The molecular formula is C16H23NO4. The lowest BCUT2D eigenvalue weighted by Gasteiger charge is -2.20. The fourth-order valence-corrected chi connectivity index (χ4v) is 2.38. The van der Waals surface area contributed by atoms with Crippen LogP contribution in [0.15, 0.2) is 24.3 Å². The Balaban J connectivity index is 2.01. The van der Waals surface area contributed by atoms with Crippen LogP contribution in [0, 0.1) is 5.92 Å². The molecule has 0 spiro atoms. The minimum absolute atomic E-state index is 0.0310. The predicted molar refractivity (Wildman–Crippen MR) is 79.3 cm³/mol. The fourth-order valence-electron chi connectivity index (χ4n) is 2.38. The lowest BCUT2D eigenvalue weighted by Crippen LogP contribution is -2.36. The summed E-state index contributed by atoms with van der Waals surface area (Å²) in [6.07, 6.45) is 0.787. The van der Waals surface area contributed by atoms with Crippen molar-refractivity contribution in [3.05, 3.63) is 29.8 Å². The van der Waals surface area contributed by atoms with Crippen molar-refractivity contribution in [2.75, 3.05) is 33.5 Å². The third-order valence-electron chi connectivity index (χ3n) is 3.54. The van der Waals surface area contributed by atoms with Gasteiger partial charge in [-0.2, -0.15) is 0 Å². The first kappa shape index (κ1) is 15.8. The smallest absolute Gasteiger partial charge is 0.226 e. The molecule has 1 amide bonds. The van der Waals surface area contributed by atoms with Crippen LogP contribution in [0.2, 0.25) is 0 Å². The zero-order valence-electron chi connectivity index (χ0n) is 12.6. The van der Waals surface area contributed by atoms with Crippen LogP contribution in [0.1, 0.15) is 24.9 Å². The van der Waals surface area contributed by atoms with E-state index in [2.05, 4.69) is 5.32 Å². The second-order valence-corrected chi connectivity index (χ2v) is 5.08. The summed E-state index contributed by atoms with van der Waals surface area (Å²) in [4.78, 5) is 12.2. The topological polar surface area (TPSA) is 56.8 Å². The summed E-state index contributed by atoms with van der Waals surface area (Å²) in [5.41, 5.74) is 1.01. The first-order chi connectivity index (χ1) is 10.2. The largest absolute Gasteiger partial charge is 0.494 e. The summed E-state index contributed by atoms with van der Waals surface area (Å²) < 4.78 is 15.9. The summed E-state index contributed by atoms with van der Waals surface area (Å²) in [5.74, 6) is 0.809. The monoisotopic (exact) mass is 293 g/mol. The van der Waals surface area contributed by atoms with E-state index in [4.69, 9.17) is 14.2 Å². The SMILES string of the molecule is CCOc1ccc([C@@H](COC)NC(=O)[C@H]2CCOC2)cc1. The van der Waals surface area contributed by atoms with Crippen LogP contribution < -0.4 is 10.1 Å². The molecule has 1 aromatic rings. The van der Waals surface area contributed by atoms with E-state index < -0.39 is 0 Å². The summed E-state index contributed by atoms with van der Waals surface area (Å²) >= 11 is 0. The van der Waals surface area contributed by atoms with Gasteiger partial charge in [0.15, 0.2) is 0 Å². The normalized spacial score (nSPS) is 19.2. The maximum Gasteiger partial charge on any atom is 0.226 e. The molecule has 0 aromatic heterocycles. The molecule has 5 nitrogen and oxygen atoms in total. The fraction of sp³-hybridized carbons (Fsp3) is 0.562. The number of rotatable bonds is 7. The van der Waals surface area contributed by atoms with Crippen LogP contribution in [0.3, 0.4) is 0 Å². The van der Waals surface area contributed by atoms with E-state index in [0.717, 1.165) is 17.7 Å². The van der Waals surface area contributed by atoms with Gasteiger partial charge in [0.05, 0.1) is 31.8 Å². The van der Waals surface area contributed by atoms with Crippen LogP contribution in [0.4, 0.5) is 0 Å². The molecule has 1 aliphatic rings. The number of amides is 1. The van der Waals surface area contributed by atoms with Gasteiger partial charge in [0, 0.05) is 13.7 Å². The van der Waals surface area contributed by atoms with E-state index >= 15 is 0 Å². The van der Waals surface area contributed by atoms with Crippen molar-refractivity contribution < 1.29 is 19.0 Å². The van der Waals surface area contributed by atoms with Crippen molar-refractivity contribution in [2.24, 2.45) is 5.92 Å². The van der Waals surface area contributed by atoms with Gasteiger partial charge in [-0.25, -0.2) is 0 Å². The third kappa shape index (κ3) is 4.44. The molecule has 2 rings (SSSR count). The van der Waals surface area contributed by atoms with Crippen LogP contribution >= 0.6 is 0 Å². The van der Waals surface area contributed by atoms with Gasteiger partial charge in [0.2, 0.25) is 5.91 Å². The van der Waals surface area contributed by atoms with Gasteiger partial charge < -0.3 is 19.5 Å². The first-order valence-electron chi connectivity index (χ1n) is 7.34. The third-order valence-corrected chi connectivity index (χ3v) is 3.54. The van der Waals surface area contributed by atoms with Gasteiger partial charge in [-0.05, 0) is 31.0 Å². The summed E-state index contributed by atoms with van der Waals surface area (Å²) in [6, 6.07) is 7.58. The van der Waals surface area contributed by atoms with Gasteiger partial charge in [-0.3, -0.25) is 4.79 Å². The molecule has 1 aromatic carbocycles. The van der Waals surface area contributed by atoms with Crippen LogP contribution in [-0.4, -0.2) is 39.4 Å². The standard InChI is InChI=1S/C16H23NO4/c1-3-21-14-6-4-12(5-7-14)15(11-19-2)17-16(18)13-8-9-20-10-13/h4-7,13,15H,3,8-11H2,1-2H3,(H,17,18)/t13-,15+/m0/s1. The molecule has 0 radical (unpaired) electrons. The maximum atomic E-state index is 12.2. The molecule has 2 atom stereocenters. The highest BCUT2D eigenvalue weighted by molar-refractivity contribution is 5.79. The zero-order chi connectivity index (χ0) is 15.1. The van der Waals surface area contributed by atoms with Gasteiger partial charge >= 0.3 is 0 Å². The van der Waals surface area contributed by atoms with Crippen molar-refractivity contribution in [2.45, 2.75) is 19.4 Å². The van der Waals surface area contributed by atoms with E-state index in [0.29, 0.717) is 26.4 Å². The molecule has 1 aliphatic heterocycles. The number of carbonyl (C=O) groups excluding carboxylic acids is 1. The van der Waals surface area contributed by atoms with Crippen molar-refractivity contribution in [1.29, 1.82) is 0 Å². The van der Waals surface area contributed by atoms with E-state index in [1.54, 1.807) is 7.11 Å². The minimum atomic E-state index is -0.154. The molecule has 116 valence electrons. The Hall–Kier alpha value is -1.59. The van der Waals surface area contributed by atoms with Crippen LogP contribution in [0.25, 0.3) is 0 Å². The number of hydrogen-bond donors (Lipinski definition) is 1. The molecule has 0 unspecified atom stereocenters. The highest BCUT2D eigenvalue weighted by atomic mass is 16.5. The first-order valence-corrected chi connectivity index (χ1v) is 7.34. The van der Waals surface area contributed by atoms with Crippen molar-refractivity contribution >= 4 is 5.91 Å². The van der Waals surface area contributed by atoms with Crippen molar-refractivity contribution in [1.82, 2.24) is 5.32 Å². The number of nitrogens with one attached hydrogen (secondary N) is 1. The van der Waals surface area contributed by atoms with Crippen LogP contribution in [-0.2, 0) is 14.3 Å². The minimum Gasteiger partial charge on any atom is -0.494 e. The van der Waals surface area contributed by atoms with Gasteiger partial charge in [-0.1, -0.05) is 12.1 Å². The maximum absolute atomic E-state index is 12.2. The Labute approximate surface area is 125 Å². The van der Waals surface area contributed by atoms with E-state index in [1.807, 2.05) is 31.2 Å². The molecule has 1 heterocycles. The second kappa shape index (κ2) is 8.00. The van der Waals surface area contributed by atoms with E-state index in [1.165, 1.54) is 0 Å². The molecule has 1 fully saturated rings. The number of carbonyl (C=O) groups is 1. The second-order valence-electron chi connectivity index (χ2n) is 5.08. The number of methoxy groups -OCH3 is 1. The average Bonchev–Trinajstić information content (AvgIpc) is 3.02. The zero-order valence-corrected chi connectivity index (χ0v) is 12.6. The summed E-state index contributed by atoms with van der Waals surface area (Å²) in [5, 5.41) is 3.04. The Kier molecular flexibility index (Phi) is 6.02. The molecule has 0 aliphatic carbocycles. The lowest BCUT2D eigenvalue weighted by molar-refractivity contribution is -0.126. The average molecular weight is 293 g/mol. The molecule has 5 heteroatoms. The molecule has 1 saturated heterocycles. The van der Waals surface area contributed by atoms with Gasteiger partial charge in [0.25, 0.3) is 0 Å². The summed E-state index contributed by atoms with van der Waals surface area (Å²) in [7, 11) is 1.63. The Morgan fingerprint density at radius 2 is 2.19 bits per heavy atom. The molecule has 1 N–H and O–H groups in total. The highest BCUT2D eigenvalue weighted by Gasteiger charge is 2.26. The summed E-state index contributed by atoms with van der Waals surface area (Å²) in [6.45, 7) is 4.20. The Bertz CT molecular complexity index is 440. The highest BCUT2D eigenvalue weighted by Crippen LogP contribution is 2.20. The number of ether oxygens (including phenoxy) is 3. The molecule has 0 bridgehead atoms. The van der Waals surface area contributed by atoms with Crippen molar-refractivity contribution in [3.8, 4) is 5.75 Å². The molecule has 0 saturated carbocycles. The predicted octanol–water partition coefficient (Wildman–Crippen LogP) is 1.93. The van der Waals surface area contributed by atoms with Crippen LogP contribution in [0.5, 0.6) is 5.75 Å². The molecular weight excluding hydrogens is 270 g/mol. The Morgan fingerprint density at radius 3 is 2.76 bits per heavy atom. The van der Waals surface area contributed by atoms with Gasteiger partial charge in [0.1, 0.15) is 5.75 Å².